The van der Waals surface area contributed by atoms with E-state index in [-0.39, 0.29) is 23.9 Å². The van der Waals surface area contributed by atoms with Gasteiger partial charge in [0.15, 0.2) is 0 Å². The van der Waals surface area contributed by atoms with Crippen molar-refractivity contribution in [1.29, 1.82) is 0 Å². The molecule has 2 aliphatic rings. The second-order valence-corrected chi connectivity index (χ2v) is 5.22. The van der Waals surface area contributed by atoms with Gasteiger partial charge in [-0.2, -0.15) is 0 Å². The van der Waals surface area contributed by atoms with Gasteiger partial charge in [-0.05, 0) is 31.5 Å². The molecule has 102 valence electrons. The van der Waals surface area contributed by atoms with Crippen molar-refractivity contribution < 1.29 is 14.6 Å². The molecule has 1 aromatic rings. The number of para-hydroxylation sites is 2. The van der Waals surface area contributed by atoms with Gasteiger partial charge in [-0.1, -0.05) is 12.1 Å². The number of amides is 1. The lowest BCUT2D eigenvalue weighted by atomic mass is 9.91. The van der Waals surface area contributed by atoms with Crippen LogP contribution in [0, 0.1) is 0 Å². The lowest BCUT2D eigenvalue weighted by Crippen LogP contribution is -2.60. The summed E-state index contributed by atoms with van der Waals surface area (Å²) in [5, 5.41) is 13.2. The molecule has 0 aromatic heterocycles. The maximum Gasteiger partial charge on any atom is 0.253 e. The molecule has 1 atom stereocenters. The fraction of sp³-hybridized carbons (Fsp3) is 0.500. The SMILES string of the molecule is O=C1COC2(CCCNC2)CN1c1ccccc1O. The van der Waals surface area contributed by atoms with E-state index < -0.39 is 0 Å². The van der Waals surface area contributed by atoms with Crippen molar-refractivity contribution in [3.05, 3.63) is 24.3 Å². The van der Waals surface area contributed by atoms with Crippen molar-refractivity contribution in [1.82, 2.24) is 5.32 Å². The Bertz CT molecular complexity index is 483. The first kappa shape index (κ1) is 12.4. The van der Waals surface area contributed by atoms with Crippen LogP contribution in [0.15, 0.2) is 24.3 Å². The predicted molar refractivity (Wildman–Crippen MR) is 71.2 cm³/mol. The zero-order chi connectivity index (χ0) is 13.3. The second-order valence-electron chi connectivity index (χ2n) is 5.22. The number of ether oxygens (including phenoxy) is 1. The van der Waals surface area contributed by atoms with Crippen LogP contribution in [0.25, 0.3) is 0 Å². The van der Waals surface area contributed by atoms with Crippen LogP contribution in [-0.4, -0.2) is 42.9 Å². The number of phenolic OH excluding ortho intramolecular Hbond substituents is 1. The number of piperidine rings is 1. The predicted octanol–water partition coefficient (Wildman–Crippen LogP) is 0.878. The molecule has 2 fully saturated rings. The van der Waals surface area contributed by atoms with Gasteiger partial charge in [0.05, 0.1) is 17.8 Å². The first-order chi connectivity index (χ1) is 9.20. The van der Waals surface area contributed by atoms with Crippen molar-refractivity contribution in [3.8, 4) is 5.75 Å². The highest BCUT2D eigenvalue weighted by Gasteiger charge is 2.41. The number of hydrogen-bond acceptors (Lipinski definition) is 4. The van der Waals surface area contributed by atoms with Gasteiger partial charge in [-0.15, -0.1) is 0 Å². The average molecular weight is 262 g/mol. The van der Waals surface area contributed by atoms with E-state index in [0.717, 1.165) is 25.9 Å². The number of nitrogens with zero attached hydrogens (tertiary/aromatic N) is 1. The van der Waals surface area contributed by atoms with Crippen LogP contribution in [0.5, 0.6) is 5.75 Å². The molecule has 0 bridgehead atoms. The van der Waals surface area contributed by atoms with Gasteiger partial charge in [0, 0.05) is 6.54 Å². The Morgan fingerprint density at radius 3 is 2.95 bits per heavy atom. The third-order valence-corrected chi connectivity index (χ3v) is 3.85. The summed E-state index contributed by atoms with van der Waals surface area (Å²) >= 11 is 0. The fourth-order valence-corrected chi connectivity index (χ4v) is 2.82. The highest BCUT2D eigenvalue weighted by atomic mass is 16.5. The quantitative estimate of drug-likeness (QED) is 0.788. The fourth-order valence-electron chi connectivity index (χ4n) is 2.82. The highest BCUT2D eigenvalue weighted by Crippen LogP contribution is 2.33. The first-order valence-corrected chi connectivity index (χ1v) is 6.63. The Morgan fingerprint density at radius 2 is 2.21 bits per heavy atom. The third-order valence-electron chi connectivity index (χ3n) is 3.85. The van der Waals surface area contributed by atoms with Crippen LogP contribution in [0.3, 0.4) is 0 Å². The molecule has 2 heterocycles. The lowest BCUT2D eigenvalue weighted by Gasteiger charge is -2.44. The molecule has 2 aliphatic heterocycles. The molecule has 2 N–H and O–H groups in total. The number of carbonyl (C=O) groups is 1. The monoisotopic (exact) mass is 262 g/mol. The molecule has 5 heteroatoms. The van der Waals surface area contributed by atoms with Crippen molar-refractivity contribution in [3.63, 3.8) is 0 Å². The highest BCUT2D eigenvalue weighted by molar-refractivity contribution is 5.96. The summed E-state index contributed by atoms with van der Waals surface area (Å²) in [4.78, 5) is 13.7. The van der Waals surface area contributed by atoms with Crippen LogP contribution in [-0.2, 0) is 9.53 Å². The molecule has 19 heavy (non-hydrogen) atoms. The Labute approximate surface area is 112 Å². The van der Waals surface area contributed by atoms with Gasteiger partial charge in [0.2, 0.25) is 0 Å². The van der Waals surface area contributed by atoms with Gasteiger partial charge in [0.25, 0.3) is 5.91 Å². The zero-order valence-electron chi connectivity index (χ0n) is 10.8. The van der Waals surface area contributed by atoms with E-state index in [0.29, 0.717) is 12.2 Å². The Hall–Kier alpha value is -1.59. The van der Waals surface area contributed by atoms with E-state index in [9.17, 15) is 9.90 Å². The summed E-state index contributed by atoms with van der Waals surface area (Å²) in [5.41, 5.74) is 0.259. The molecule has 1 amide bonds. The molecule has 0 radical (unpaired) electrons. The Morgan fingerprint density at radius 1 is 1.37 bits per heavy atom. The topological polar surface area (TPSA) is 61.8 Å². The molecule has 1 aromatic carbocycles. The van der Waals surface area contributed by atoms with Gasteiger partial charge in [-0.25, -0.2) is 0 Å². The molecule has 2 saturated heterocycles. The number of aromatic hydroxyl groups is 1. The molecule has 0 saturated carbocycles. The normalized spacial score (nSPS) is 27.8. The van der Waals surface area contributed by atoms with Crippen LogP contribution in [0.4, 0.5) is 5.69 Å². The molecule has 0 aliphatic carbocycles. The summed E-state index contributed by atoms with van der Waals surface area (Å²) in [6.45, 7) is 2.33. The van der Waals surface area contributed by atoms with E-state index >= 15 is 0 Å². The third kappa shape index (κ3) is 2.31. The second kappa shape index (κ2) is 4.83. The summed E-state index contributed by atoms with van der Waals surface area (Å²) in [7, 11) is 0. The van der Waals surface area contributed by atoms with Crippen LogP contribution >= 0.6 is 0 Å². The number of phenols is 1. The summed E-state index contributed by atoms with van der Waals surface area (Å²) in [6, 6.07) is 6.94. The molecular formula is C14H18N2O3. The number of morpholine rings is 1. The summed E-state index contributed by atoms with van der Waals surface area (Å²) < 4.78 is 5.77. The van der Waals surface area contributed by atoms with Crippen molar-refractivity contribution in [2.24, 2.45) is 0 Å². The minimum absolute atomic E-state index is 0.0794. The van der Waals surface area contributed by atoms with E-state index in [1.807, 2.05) is 6.07 Å². The molecular weight excluding hydrogens is 244 g/mol. The first-order valence-electron chi connectivity index (χ1n) is 6.63. The Balaban J connectivity index is 1.87. The number of hydrogen-bond donors (Lipinski definition) is 2. The number of nitrogens with one attached hydrogen (secondary N) is 1. The number of benzene rings is 1. The van der Waals surface area contributed by atoms with E-state index in [1.54, 1.807) is 23.1 Å². The van der Waals surface area contributed by atoms with E-state index in [1.165, 1.54) is 0 Å². The van der Waals surface area contributed by atoms with Crippen molar-refractivity contribution in [2.45, 2.75) is 18.4 Å². The minimum atomic E-state index is -0.311. The van der Waals surface area contributed by atoms with Gasteiger partial charge in [0.1, 0.15) is 12.4 Å². The molecule has 1 spiro atoms. The number of carbonyl (C=O) groups excluding carboxylic acids is 1. The van der Waals surface area contributed by atoms with Crippen molar-refractivity contribution in [2.75, 3.05) is 31.1 Å². The van der Waals surface area contributed by atoms with Crippen LogP contribution in [0.1, 0.15) is 12.8 Å². The van der Waals surface area contributed by atoms with Crippen LogP contribution in [0.2, 0.25) is 0 Å². The maximum absolute atomic E-state index is 12.0. The minimum Gasteiger partial charge on any atom is -0.506 e. The zero-order valence-corrected chi connectivity index (χ0v) is 10.8. The summed E-state index contributed by atoms with van der Waals surface area (Å²) in [5.74, 6) is 0.0365. The summed E-state index contributed by atoms with van der Waals surface area (Å²) in [6.07, 6.45) is 1.99. The molecule has 3 rings (SSSR count). The molecule has 1 unspecified atom stereocenters. The standard InChI is InChI=1S/C14H18N2O3/c17-12-5-2-1-4-11(12)16-10-14(19-8-13(16)18)6-3-7-15-9-14/h1-2,4-5,15,17H,3,6-10H2. The van der Waals surface area contributed by atoms with E-state index in [2.05, 4.69) is 5.32 Å². The smallest absolute Gasteiger partial charge is 0.253 e. The largest absolute Gasteiger partial charge is 0.506 e. The van der Waals surface area contributed by atoms with Crippen molar-refractivity contribution >= 4 is 11.6 Å². The van der Waals surface area contributed by atoms with Gasteiger partial charge in [-0.3, -0.25) is 4.79 Å². The molecule has 5 nitrogen and oxygen atoms in total. The van der Waals surface area contributed by atoms with Crippen LogP contribution < -0.4 is 10.2 Å². The Kier molecular flexibility index (Phi) is 3.16. The average Bonchev–Trinajstić information content (AvgIpc) is 2.44. The number of anilines is 1. The van der Waals surface area contributed by atoms with Gasteiger partial charge >= 0.3 is 0 Å². The van der Waals surface area contributed by atoms with E-state index in [4.69, 9.17) is 4.74 Å². The lowest BCUT2D eigenvalue weighted by molar-refractivity contribution is -0.140. The maximum atomic E-state index is 12.0. The number of rotatable bonds is 1. The van der Waals surface area contributed by atoms with Gasteiger partial charge < -0.3 is 20.1 Å².